The van der Waals surface area contributed by atoms with Crippen LogP contribution in [0.5, 0.6) is 11.5 Å². The summed E-state index contributed by atoms with van der Waals surface area (Å²) < 4.78 is 17.0. The van der Waals surface area contributed by atoms with Crippen molar-refractivity contribution in [3.8, 4) is 11.5 Å². The summed E-state index contributed by atoms with van der Waals surface area (Å²) in [5, 5.41) is 6.62. The van der Waals surface area contributed by atoms with Crippen molar-refractivity contribution in [1.82, 2.24) is 10.6 Å². The predicted octanol–water partition coefficient (Wildman–Crippen LogP) is 3.19. The summed E-state index contributed by atoms with van der Waals surface area (Å²) in [6.07, 6.45) is 1.87. The topological polar surface area (TPSA) is 64.1 Å². The zero-order valence-electron chi connectivity index (χ0n) is 16.0. The maximum Gasteiger partial charge on any atom is 0.191 e. The summed E-state index contributed by atoms with van der Waals surface area (Å²) >= 11 is 0. The van der Waals surface area contributed by atoms with Crippen LogP contribution in [0.3, 0.4) is 0 Å². The van der Waals surface area contributed by atoms with Gasteiger partial charge in [-0.05, 0) is 30.0 Å². The molecule has 7 heteroatoms. The van der Waals surface area contributed by atoms with Gasteiger partial charge in [-0.15, -0.1) is 24.0 Å². The van der Waals surface area contributed by atoms with E-state index in [0.29, 0.717) is 25.7 Å². The third kappa shape index (κ3) is 8.44. The van der Waals surface area contributed by atoms with Crippen molar-refractivity contribution in [3.05, 3.63) is 23.8 Å². The van der Waals surface area contributed by atoms with Crippen LogP contribution >= 0.6 is 24.0 Å². The second-order valence-corrected chi connectivity index (χ2v) is 6.51. The molecule has 2 rings (SSSR count). The molecule has 1 heterocycles. The van der Waals surface area contributed by atoms with Crippen LogP contribution in [0.4, 0.5) is 0 Å². The van der Waals surface area contributed by atoms with E-state index in [1.807, 2.05) is 18.2 Å². The number of guanidine groups is 1. The minimum atomic E-state index is 0. The molecule has 0 amide bonds. The van der Waals surface area contributed by atoms with Gasteiger partial charge in [0.25, 0.3) is 0 Å². The normalized spacial score (nSPS) is 13.8. The Hall–Kier alpha value is -1.22. The predicted molar refractivity (Wildman–Crippen MR) is 116 cm³/mol. The van der Waals surface area contributed by atoms with Crippen LogP contribution in [-0.2, 0) is 11.3 Å². The van der Waals surface area contributed by atoms with Gasteiger partial charge in [0.2, 0.25) is 0 Å². The molecule has 0 fully saturated rings. The summed E-state index contributed by atoms with van der Waals surface area (Å²) in [5.41, 5.74) is 1.13. The Morgan fingerprint density at radius 3 is 2.69 bits per heavy atom. The number of rotatable bonds is 8. The zero-order valence-corrected chi connectivity index (χ0v) is 18.4. The number of hydrogen-bond acceptors (Lipinski definition) is 4. The number of halogens is 1. The maximum absolute atomic E-state index is 5.73. The highest BCUT2D eigenvalue weighted by Gasteiger charge is 2.10. The van der Waals surface area contributed by atoms with Gasteiger partial charge >= 0.3 is 0 Å². The molecule has 2 N–H and O–H groups in total. The molecule has 148 valence electrons. The van der Waals surface area contributed by atoms with E-state index in [-0.39, 0.29) is 24.0 Å². The highest BCUT2D eigenvalue weighted by molar-refractivity contribution is 14.0. The Bertz CT molecular complexity index is 553. The van der Waals surface area contributed by atoms with E-state index >= 15 is 0 Å². The molecule has 0 saturated carbocycles. The molecule has 0 radical (unpaired) electrons. The third-order valence-electron chi connectivity index (χ3n) is 3.70. The highest BCUT2D eigenvalue weighted by atomic mass is 127. The van der Waals surface area contributed by atoms with Crippen molar-refractivity contribution in [3.63, 3.8) is 0 Å². The maximum atomic E-state index is 5.73. The number of nitrogens with one attached hydrogen (secondary N) is 2. The van der Waals surface area contributed by atoms with Gasteiger partial charge in [-0.1, -0.05) is 19.9 Å². The quantitative estimate of drug-likeness (QED) is 0.261. The number of benzene rings is 1. The van der Waals surface area contributed by atoms with E-state index in [4.69, 9.17) is 14.2 Å². The van der Waals surface area contributed by atoms with Gasteiger partial charge in [0.05, 0.1) is 13.2 Å². The molecule has 0 bridgehead atoms. The number of nitrogens with zero attached hydrogens (tertiary/aromatic N) is 1. The van der Waals surface area contributed by atoms with Crippen LogP contribution in [0.25, 0.3) is 0 Å². The monoisotopic (exact) mass is 477 g/mol. The van der Waals surface area contributed by atoms with Gasteiger partial charge in [0.15, 0.2) is 17.5 Å². The molecule has 0 aromatic heterocycles. The fourth-order valence-corrected chi connectivity index (χ4v) is 2.42. The first kappa shape index (κ1) is 22.8. The van der Waals surface area contributed by atoms with Crippen molar-refractivity contribution in [2.24, 2.45) is 10.9 Å². The van der Waals surface area contributed by atoms with E-state index in [2.05, 4.69) is 29.5 Å². The lowest BCUT2D eigenvalue weighted by molar-refractivity contribution is 0.108. The van der Waals surface area contributed by atoms with E-state index < -0.39 is 0 Å². The van der Waals surface area contributed by atoms with E-state index in [0.717, 1.165) is 55.6 Å². The number of ether oxygens (including phenoxy) is 3. The van der Waals surface area contributed by atoms with Crippen molar-refractivity contribution in [2.75, 3.05) is 40.0 Å². The molecule has 26 heavy (non-hydrogen) atoms. The second kappa shape index (κ2) is 13.0. The lowest BCUT2D eigenvalue weighted by Gasteiger charge is -2.13. The molecule has 6 nitrogen and oxygen atoms in total. The smallest absolute Gasteiger partial charge is 0.191 e. The Morgan fingerprint density at radius 2 is 1.96 bits per heavy atom. The van der Waals surface area contributed by atoms with Crippen LogP contribution in [0.1, 0.15) is 32.3 Å². The number of aliphatic imine (C=N–C) groups is 1. The van der Waals surface area contributed by atoms with Crippen molar-refractivity contribution >= 4 is 29.9 Å². The van der Waals surface area contributed by atoms with Gasteiger partial charge in [-0.2, -0.15) is 0 Å². The summed E-state index contributed by atoms with van der Waals surface area (Å²) in [4.78, 5) is 4.25. The SMILES string of the molecule is CN=C(NCCCOCC(C)C)NCc1ccc2c(c1)OCCCO2.I. The van der Waals surface area contributed by atoms with Crippen LogP contribution in [0.15, 0.2) is 23.2 Å². The molecule has 0 atom stereocenters. The fraction of sp³-hybridized carbons (Fsp3) is 0.632. The van der Waals surface area contributed by atoms with Crippen LogP contribution in [0.2, 0.25) is 0 Å². The van der Waals surface area contributed by atoms with Crippen molar-refractivity contribution < 1.29 is 14.2 Å². The first-order chi connectivity index (χ1) is 12.2. The molecule has 1 aromatic carbocycles. The minimum absolute atomic E-state index is 0. The number of fused-ring (bicyclic) bond motifs is 1. The molecule has 1 aromatic rings. The Balaban J connectivity index is 0.00000338. The molecule has 1 aliphatic heterocycles. The second-order valence-electron chi connectivity index (χ2n) is 6.51. The Morgan fingerprint density at radius 1 is 1.19 bits per heavy atom. The number of hydrogen-bond donors (Lipinski definition) is 2. The first-order valence-corrected chi connectivity index (χ1v) is 9.10. The van der Waals surface area contributed by atoms with Crippen LogP contribution < -0.4 is 20.1 Å². The lowest BCUT2D eigenvalue weighted by Crippen LogP contribution is -2.37. The molecular weight excluding hydrogens is 445 g/mol. The fourth-order valence-electron chi connectivity index (χ4n) is 2.42. The standard InChI is InChI=1S/C19H31N3O3.HI/c1-15(2)14-23-9-4-8-21-19(20-3)22-13-16-6-7-17-18(12-16)25-11-5-10-24-17;/h6-7,12,15H,4-5,8-11,13-14H2,1-3H3,(H2,20,21,22);1H. The van der Waals surface area contributed by atoms with Gasteiger partial charge in [-0.3, -0.25) is 4.99 Å². The van der Waals surface area contributed by atoms with E-state index in [9.17, 15) is 0 Å². The molecule has 1 aliphatic rings. The van der Waals surface area contributed by atoms with Gasteiger partial charge in [-0.25, -0.2) is 0 Å². The summed E-state index contributed by atoms with van der Waals surface area (Å²) in [6.45, 7) is 8.82. The average molecular weight is 477 g/mol. The zero-order chi connectivity index (χ0) is 17.9. The Labute approximate surface area is 174 Å². The largest absolute Gasteiger partial charge is 0.490 e. The minimum Gasteiger partial charge on any atom is -0.490 e. The summed E-state index contributed by atoms with van der Waals surface area (Å²) in [7, 11) is 1.78. The summed E-state index contributed by atoms with van der Waals surface area (Å²) in [6, 6.07) is 6.05. The molecule has 0 spiro atoms. The van der Waals surface area contributed by atoms with Crippen molar-refractivity contribution in [1.29, 1.82) is 0 Å². The lowest BCUT2D eigenvalue weighted by atomic mass is 10.2. The average Bonchev–Trinajstić information content (AvgIpc) is 2.85. The van der Waals surface area contributed by atoms with Gasteiger partial charge in [0, 0.05) is 39.8 Å². The highest BCUT2D eigenvalue weighted by Crippen LogP contribution is 2.30. The molecular formula is C19H32IN3O3. The van der Waals surface area contributed by atoms with Crippen LogP contribution in [-0.4, -0.2) is 46.0 Å². The third-order valence-corrected chi connectivity index (χ3v) is 3.70. The molecule has 0 aliphatic carbocycles. The van der Waals surface area contributed by atoms with Crippen LogP contribution in [0, 0.1) is 5.92 Å². The first-order valence-electron chi connectivity index (χ1n) is 9.10. The molecule has 0 saturated heterocycles. The summed E-state index contributed by atoms with van der Waals surface area (Å²) in [5.74, 6) is 3.01. The van der Waals surface area contributed by atoms with Crippen molar-refractivity contribution in [2.45, 2.75) is 33.2 Å². The molecule has 0 unspecified atom stereocenters. The Kier molecular flexibility index (Phi) is 11.4. The van der Waals surface area contributed by atoms with E-state index in [1.54, 1.807) is 7.05 Å². The van der Waals surface area contributed by atoms with E-state index in [1.165, 1.54) is 0 Å². The van der Waals surface area contributed by atoms with Gasteiger partial charge < -0.3 is 24.8 Å². The van der Waals surface area contributed by atoms with Gasteiger partial charge in [0.1, 0.15) is 0 Å².